The lowest BCUT2D eigenvalue weighted by atomic mass is 10.1. The number of H-pyrrole nitrogens is 1. The number of ether oxygens (including phenoxy) is 2. The van der Waals surface area contributed by atoms with Gasteiger partial charge in [0.25, 0.3) is 0 Å². The molecule has 0 aliphatic rings. The first-order chi connectivity index (χ1) is 9.63. The van der Waals surface area contributed by atoms with Gasteiger partial charge >= 0.3 is 11.9 Å². The van der Waals surface area contributed by atoms with Crippen LogP contribution in [0, 0.1) is 11.8 Å². The zero-order chi connectivity index (χ0) is 14.5. The molecule has 1 N–H and O–H groups in total. The third-order valence-electron chi connectivity index (χ3n) is 2.61. The number of fused-ring (bicyclic) bond motifs is 1. The number of nitrogens with one attached hydrogen (secondary N) is 1. The summed E-state index contributed by atoms with van der Waals surface area (Å²) in [6.07, 6.45) is 0. The number of aromatic nitrogens is 1. The molecule has 20 heavy (non-hydrogen) atoms. The quantitative estimate of drug-likeness (QED) is 0.668. The van der Waals surface area contributed by atoms with Crippen LogP contribution in [-0.4, -0.2) is 30.6 Å². The van der Waals surface area contributed by atoms with Gasteiger partial charge in [-0.1, -0.05) is 12.0 Å². The molecule has 2 rings (SSSR count). The maximum atomic E-state index is 11.6. The van der Waals surface area contributed by atoms with E-state index in [0.29, 0.717) is 17.9 Å². The van der Waals surface area contributed by atoms with E-state index in [9.17, 15) is 9.59 Å². The molecule has 1 aromatic heterocycles. The molecule has 2 aromatic rings. The molecule has 0 unspecified atom stereocenters. The van der Waals surface area contributed by atoms with Crippen LogP contribution < -0.4 is 0 Å². The van der Waals surface area contributed by atoms with Gasteiger partial charge in [-0.25, -0.2) is 9.59 Å². The molecule has 1 aromatic carbocycles. The van der Waals surface area contributed by atoms with Crippen molar-refractivity contribution in [3.05, 3.63) is 35.5 Å². The van der Waals surface area contributed by atoms with Crippen LogP contribution >= 0.6 is 0 Å². The Bertz CT molecular complexity index is 718. The van der Waals surface area contributed by atoms with Crippen LogP contribution in [0.3, 0.4) is 0 Å². The van der Waals surface area contributed by atoms with Gasteiger partial charge in [0, 0.05) is 22.4 Å². The number of esters is 2. The van der Waals surface area contributed by atoms with Crippen molar-refractivity contribution < 1.29 is 19.1 Å². The summed E-state index contributed by atoms with van der Waals surface area (Å²) in [6.45, 7) is 2.07. The highest BCUT2D eigenvalue weighted by molar-refractivity contribution is 5.95. The first kappa shape index (κ1) is 13.7. The van der Waals surface area contributed by atoms with Gasteiger partial charge in [-0.15, -0.1) is 0 Å². The fourth-order valence-electron chi connectivity index (χ4n) is 1.70. The smallest absolute Gasteiger partial charge is 0.384 e. The fourth-order valence-corrected chi connectivity index (χ4v) is 1.70. The Morgan fingerprint density at radius 2 is 2.10 bits per heavy atom. The van der Waals surface area contributed by atoms with E-state index in [1.165, 1.54) is 7.11 Å². The van der Waals surface area contributed by atoms with E-state index in [2.05, 4.69) is 21.6 Å². The summed E-state index contributed by atoms with van der Waals surface area (Å²) in [7, 11) is 1.27. The van der Waals surface area contributed by atoms with E-state index in [0.717, 1.165) is 10.9 Å². The van der Waals surface area contributed by atoms with E-state index >= 15 is 0 Å². The summed E-state index contributed by atoms with van der Waals surface area (Å²) in [5.74, 6) is 4.05. The van der Waals surface area contributed by atoms with E-state index in [1.807, 2.05) is 6.07 Å². The van der Waals surface area contributed by atoms with Gasteiger partial charge < -0.3 is 14.5 Å². The van der Waals surface area contributed by atoms with E-state index < -0.39 is 11.9 Å². The summed E-state index contributed by atoms with van der Waals surface area (Å²) < 4.78 is 9.36. The lowest BCUT2D eigenvalue weighted by Gasteiger charge is -1.96. The SMILES string of the molecule is CCOC(=O)c1cc2ccc(C#CC(=O)OC)cc2[nH]1. The Labute approximate surface area is 115 Å². The molecule has 0 atom stereocenters. The number of benzene rings is 1. The maximum Gasteiger partial charge on any atom is 0.384 e. The number of carbonyl (C=O) groups excluding carboxylic acids is 2. The van der Waals surface area contributed by atoms with Gasteiger partial charge in [0.05, 0.1) is 13.7 Å². The standard InChI is InChI=1S/C15H13NO4/c1-3-20-15(18)13-9-11-6-4-10(8-12(11)16-13)5-7-14(17)19-2/h4,6,8-9,16H,3H2,1-2H3. The number of hydrogen-bond donors (Lipinski definition) is 1. The van der Waals surface area contributed by atoms with Crippen molar-refractivity contribution in [1.29, 1.82) is 0 Å². The van der Waals surface area contributed by atoms with Crippen molar-refractivity contribution in [3.63, 3.8) is 0 Å². The lowest BCUT2D eigenvalue weighted by molar-refractivity contribution is -0.133. The molecule has 0 fully saturated rings. The molecule has 0 aliphatic carbocycles. The Morgan fingerprint density at radius 3 is 2.80 bits per heavy atom. The molecule has 0 bridgehead atoms. The summed E-state index contributed by atoms with van der Waals surface area (Å²) in [4.78, 5) is 25.5. The van der Waals surface area contributed by atoms with Crippen molar-refractivity contribution in [2.75, 3.05) is 13.7 Å². The highest BCUT2D eigenvalue weighted by Crippen LogP contribution is 2.17. The van der Waals surface area contributed by atoms with Gasteiger partial charge in [-0.3, -0.25) is 0 Å². The zero-order valence-electron chi connectivity index (χ0n) is 11.1. The summed E-state index contributed by atoms with van der Waals surface area (Å²) >= 11 is 0. The van der Waals surface area contributed by atoms with Gasteiger partial charge in [-0.2, -0.15) is 0 Å². The summed E-state index contributed by atoms with van der Waals surface area (Å²) in [6, 6.07) is 7.05. The van der Waals surface area contributed by atoms with Crippen molar-refractivity contribution in [2.24, 2.45) is 0 Å². The molecule has 0 saturated carbocycles. The minimum atomic E-state index is -0.594. The molecule has 102 valence electrons. The minimum Gasteiger partial charge on any atom is -0.461 e. The van der Waals surface area contributed by atoms with Gasteiger partial charge in [0.2, 0.25) is 0 Å². The van der Waals surface area contributed by atoms with Crippen molar-refractivity contribution in [3.8, 4) is 11.8 Å². The van der Waals surface area contributed by atoms with Crippen LogP contribution in [0.5, 0.6) is 0 Å². The summed E-state index contributed by atoms with van der Waals surface area (Å²) in [5.41, 5.74) is 1.80. The molecular formula is C15H13NO4. The number of methoxy groups -OCH3 is 1. The molecule has 0 radical (unpaired) electrons. The second-order valence-corrected chi connectivity index (χ2v) is 3.95. The third kappa shape index (κ3) is 2.98. The second-order valence-electron chi connectivity index (χ2n) is 3.95. The second kappa shape index (κ2) is 5.93. The molecule has 0 saturated heterocycles. The Balaban J connectivity index is 2.32. The van der Waals surface area contributed by atoms with Crippen molar-refractivity contribution in [1.82, 2.24) is 4.98 Å². The van der Waals surface area contributed by atoms with Crippen LogP contribution in [0.15, 0.2) is 24.3 Å². The lowest BCUT2D eigenvalue weighted by Crippen LogP contribution is -2.04. The number of aromatic amines is 1. The first-order valence-corrected chi connectivity index (χ1v) is 6.04. The predicted molar refractivity (Wildman–Crippen MR) is 73.1 cm³/mol. The van der Waals surface area contributed by atoms with Crippen LogP contribution in [0.4, 0.5) is 0 Å². The van der Waals surface area contributed by atoms with Crippen LogP contribution in [0.1, 0.15) is 23.0 Å². The number of carbonyl (C=O) groups is 2. The normalized spacial score (nSPS) is 9.70. The average molecular weight is 271 g/mol. The van der Waals surface area contributed by atoms with Crippen LogP contribution in [0.2, 0.25) is 0 Å². The van der Waals surface area contributed by atoms with Gasteiger partial charge in [-0.05, 0) is 25.1 Å². The Hall–Kier alpha value is -2.74. The molecule has 0 aliphatic heterocycles. The molecule has 1 heterocycles. The molecule has 0 amide bonds. The van der Waals surface area contributed by atoms with E-state index in [1.54, 1.807) is 25.1 Å². The molecule has 5 heteroatoms. The maximum absolute atomic E-state index is 11.6. The van der Waals surface area contributed by atoms with Crippen LogP contribution in [-0.2, 0) is 14.3 Å². The van der Waals surface area contributed by atoms with Gasteiger partial charge in [0.15, 0.2) is 0 Å². The largest absolute Gasteiger partial charge is 0.461 e. The molecular weight excluding hydrogens is 258 g/mol. The monoisotopic (exact) mass is 271 g/mol. The third-order valence-corrected chi connectivity index (χ3v) is 2.61. The van der Waals surface area contributed by atoms with Crippen LogP contribution in [0.25, 0.3) is 10.9 Å². The average Bonchev–Trinajstić information content (AvgIpc) is 2.88. The molecule has 5 nitrogen and oxygen atoms in total. The fraction of sp³-hybridized carbons (Fsp3) is 0.200. The zero-order valence-corrected chi connectivity index (χ0v) is 11.1. The van der Waals surface area contributed by atoms with Gasteiger partial charge in [0.1, 0.15) is 5.69 Å². The minimum absolute atomic E-state index is 0.323. The summed E-state index contributed by atoms with van der Waals surface area (Å²) in [5, 5.41) is 0.872. The van der Waals surface area contributed by atoms with E-state index in [-0.39, 0.29) is 0 Å². The van der Waals surface area contributed by atoms with E-state index in [4.69, 9.17) is 4.74 Å². The molecule has 0 spiro atoms. The van der Waals surface area contributed by atoms with Crippen molar-refractivity contribution >= 4 is 22.8 Å². The highest BCUT2D eigenvalue weighted by atomic mass is 16.5. The topological polar surface area (TPSA) is 68.4 Å². The number of hydrogen-bond acceptors (Lipinski definition) is 4. The highest BCUT2D eigenvalue weighted by Gasteiger charge is 2.10. The Morgan fingerprint density at radius 1 is 1.30 bits per heavy atom. The number of rotatable bonds is 2. The first-order valence-electron chi connectivity index (χ1n) is 6.04. The van der Waals surface area contributed by atoms with Crippen molar-refractivity contribution in [2.45, 2.75) is 6.92 Å². The Kier molecular flexibility index (Phi) is 4.06. The predicted octanol–water partition coefficient (Wildman–Crippen LogP) is 1.87.